The van der Waals surface area contributed by atoms with Crippen LogP contribution in [-0.2, 0) is 4.74 Å². The maximum atomic E-state index is 5.27. The molecule has 0 unspecified atom stereocenters. The molecule has 0 spiro atoms. The molecule has 0 saturated carbocycles. The second-order valence-electron chi connectivity index (χ2n) is 3.36. The fourth-order valence-corrected chi connectivity index (χ4v) is 1.38. The molecule has 1 rings (SSSR count). The zero-order chi connectivity index (χ0) is 8.10. The SMILES string of the molecule is CC[C@@H](C)NC1CCOCC1. The van der Waals surface area contributed by atoms with Gasteiger partial charge < -0.3 is 10.1 Å². The average molecular weight is 157 g/mol. The average Bonchev–Trinajstić information content (AvgIpc) is 2.06. The third kappa shape index (κ3) is 3.21. The smallest absolute Gasteiger partial charge is 0.0480 e. The van der Waals surface area contributed by atoms with Crippen LogP contribution in [0.3, 0.4) is 0 Å². The summed E-state index contributed by atoms with van der Waals surface area (Å²) in [4.78, 5) is 0. The van der Waals surface area contributed by atoms with Crippen molar-refractivity contribution in [3.8, 4) is 0 Å². The predicted octanol–water partition coefficient (Wildman–Crippen LogP) is 1.55. The Morgan fingerprint density at radius 2 is 2.09 bits per heavy atom. The Bertz CT molecular complexity index is 99.7. The van der Waals surface area contributed by atoms with Crippen LogP contribution in [0.2, 0.25) is 0 Å². The molecule has 11 heavy (non-hydrogen) atoms. The molecule has 0 aliphatic carbocycles. The Morgan fingerprint density at radius 3 is 2.64 bits per heavy atom. The largest absolute Gasteiger partial charge is 0.381 e. The highest BCUT2D eigenvalue weighted by Crippen LogP contribution is 2.07. The molecule has 0 bridgehead atoms. The zero-order valence-electron chi connectivity index (χ0n) is 7.60. The first-order valence-corrected chi connectivity index (χ1v) is 4.66. The molecule has 0 amide bonds. The van der Waals surface area contributed by atoms with Crippen LogP contribution in [0.15, 0.2) is 0 Å². The molecule has 1 saturated heterocycles. The van der Waals surface area contributed by atoms with Crippen molar-refractivity contribution in [1.29, 1.82) is 0 Å². The zero-order valence-corrected chi connectivity index (χ0v) is 7.60. The van der Waals surface area contributed by atoms with Crippen LogP contribution in [0.1, 0.15) is 33.1 Å². The lowest BCUT2D eigenvalue weighted by molar-refractivity contribution is 0.0753. The van der Waals surface area contributed by atoms with E-state index < -0.39 is 0 Å². The third-order valence-corrected chi connectivity index (χ3v) is 2.35. The molecule has 0 aromatic carbocycles. The van der Waals surface area contributed by atoms with Gasteiger partial charge in [0.15, 0.2) is 0 Å². The molecule has 0 radical (unpaired) electrons. The number of nitrogens with one attached hydrogen (secondary N) is 1. The van der Waals surface area contributed by atoms with Gasteiger partial charge in [-0.3, -0.25) is 0 Å². The second-order valence-corrected chi connectivity index (χ2v) is 3.36. The molecular formula is C9H19NO. The fraction of sp³-hybridized carbons (Fsp3) is 1.00. The molecule has 1 heterocycles. The lowest BCUT2D eigenvalue weighted by Gasteiger charge is -2.26. The van der Waals surface area contributed by atoms with Crippen molar-refractivity contribution in [3.63, 3.8) is 0 Å². The molecule has 2 nitrogen and oxygen atoms in total. The molecule has 1 N–H and O–H groups in total. The maximum Gasteiger partial charge on any atom is 0.0480 e. The van der Waals surface area contributed by atoms with E-state index in [-0.39, 0.29) is 0 Å². The molecule has 1 atom stereocenters. The topological polar surface area (TPSA) is 21.3 Å². The van der Waals surface area contributed by atoms with Gasteiger partial charge in [0.05, 0.1) is 0 Å². The highest BCUT2D eigenvalue weighted by Gasteiger charge is 2.14. The normalized spacial score (nSPS) is 23.5. The molecular weight excluding hydrogens is 138 g/mol. The summed E-state index contributed by atoms with van der Waals surface area (Å²) >= 11 is 0. The highest BCUT2D eigenvalue weighted by atomic mass is 16.5. The minimum Gasteiger partial charge on any atom is -0.381 e. The maximum absolute atomic E-state index is 5.27. The first-order valence-electron chi connectivity index (χ1n) is 4.66. The van der Waals surface area contributed by atoms with Gasteiger partial charge in [-0.05, 0) is 26.2 Å². The van der Waals surface area contributed by atoms with Gasteiger partial charge in [0.25, 0.3) is 0 Å². The van der Waals surface area contributed by atoms with Gasteiger partial charge in [-0.25, -0.2) is 0 Å². The van der Waals surface area contributed by atoms with E-state index in [1.165, 1.54) is 19.3 Å². The van der Waals surface area contributed by atoms with E-state index in [9.17, 15) is 0 Å². The van der Waals surface area contributed by atoms with E-state index in [0.717, 1.165) is 13.2 Å². The molecule has 1 fully saturated rings. The van der Waals surface area contributed by atoms with E-state index in [2.05, 4.69) is 19.2 Å². The van der Waals surface area contributed by atoms with Crippen LogP contribution < -0.4 is 5.32 Å². The van der Waals surface area contributed by atoms with Crippen LogP contribution >= 0.6 is 0 Å². The van der Waals surface area contributed by atoms with Gasteiger partial charge >= 0.3 is 0 Å². The molecule has 1 aliphatic heterocycles. The minimum absolute atomic E-state index is 0.665. The van der Waals surface area contributed by atoms with Crippen LogP contribution in [0.25, 0.3) is 0 Å². The van der Waals surface area contributed by atoms with Crippen molar-refractivity contribution >= 4 is 0 Å². The van der Waals surface area contributed by atoms with Gasteiger partial charge in [-0.15, -0.1) is 0 Å². The van der Waals surface area contributed by atoms with E-state index >= 15 is 0 Å². The predicted molar refractivity (Wildman–Crippen MR) is 46.7 cm³/mol. The number of rotatable bonds is 3. The molecule has 0 aromatic heterocycles. The van der Waals surface area contributed by atoms with Gasteiger partial charge in [-0.1, -0.05) is 6.92 Å². The van der Waals surface area contributed by atoms with Crippen LogP contribution in [0.4, 0.5) is 0 Å². The Kier molecular flexibility index (Phi) is 3.87. The van der Waals surface area contributed by atoms with Crippen molar-refractivity contribution in [2.24, 2.45) is 0 Å². The van der Waals surface area contributed by atoms with Crippen molar-refractivity contribution in [2.45, 2.75) is 45.2 Å². The minimum atomic E-state index is 0.665. The van der Waals surface area contributed by atoms with Crippen LogP contribution in [-0.4, -0.2) is 25.3 Å². The first kappa shape index (κ1) is 9.01. The van der Waals surface area contributed by atoms with Gasteiger partial charge in [0, 0.05) is 25.3 Å². The summed E-state index contributed by atoms with van der Waals surface area (Å²) in [6.07, 6.45) is 3.59. The third-order valence-electron chi connectivity index (χ3n) is 2.35. The first-order chi connectivity index (χ1) is 5.33. The summed E-state index contributed by atoms with van der Waals surface area (Å²) in [5, 5.41) is 3.59. The fourth-order valence-electron chi connectivity index (χ4n) is 1.38. The van der Waals surface area contributed by atoms with Crippen LogP contribution in [0, 0.1) is 0 Å². The Labute approximate surface area is 69.3 Å². The summed E-state index contributed by atoms with van der Waals surface area (Å²) in [7, 11) is 0. The number of ether oxygens (including phenoxy) is 1. The summed E-state index contributed by atoms with van der Waals surface area (Å²) in [6, 6.07) is 1.37. The number of hydrogen-bond donors (Lipinski definition) is 1. The van der Waals surface area contributed by atoms with Gasteiger partial charge in [0.1, 0.15) is 0 Å². The summed E-state index contributed by atoms with van der Waals surface area (Å²) in [5.41, 5.74) is 0. The van der Waals surface area contributed by atoms with E-state index in [1.807, 2.05) is 0 Å². The lowest BCUT2D eigenvalue weighted by atomic mass is 10.1. The second kappa shape index (κ2) is 4.73. The van der Waals surface area contributed by atoms with Crippen LogP contribution in [0.5, 0.6) is 0 Å². The summed E-state index contributed by atoms with van der Waals surface area (Å²) in [6.45, 7) is 6.34. The monoisotopic (exact) mass is 157 g/mol. The summed E-state index contributed by atoms with van der Waals surface area (Å²) < 4.78 is 5.27. The molecule has 1 aliphatic rings. The van der Waals surface area contributed by atoms with Crippen molar-refractivity contribution in [1.82, 2.24) is 5.32 Å². The lowest BCUT2D eigenvalue weighted by Crippen LogP contribution is -2.39. The van der Waals surface area contributed by atoms with Crippen molar-refractivity contribution in [2.75, 3.05) is 13.2 Å². The van der Waals surface area contributed by atoms with E-state index in [0.29, 0.717) is 12.1 Å². The van der Waals surface area contributed by atoms with Gasteiger partial charge in [0.2, 0.25) is 0 Å². The summed E-state index contributed by atoms with van der Waals surface area (Å²) in [5.74, 6) is 0. The quantitative estimate of drug-likeness (QED) is 0.671. The van der Waals surface area contributed by atoms with Gasteiger partial charge in [-0.2, -0.15) is 0 Å². The number of hydrogen-bond acceptors (Lipinski definition) is 2. The molecule has 66 valence electrons. The Morgan fingerprint density at radius 1 is 1.45 bits per heavy atom. The molecule has 2 heteroatoms. The molecule has 0 aromatic rings. The van der Waals surface area contributed by atoms with E-state index in [4.69, 9.17) is 4.74 Å². The standard InChI is InChI=1S/C9H19NO/c1-3-8(2)10-9-4-6-11-7-5-9/h8-10H,3-7H2,1-2H3/t8-/m1/s1. The Hall–Kier alpha value is -0.0800. The highest BCUT2D eigenvalue weighted by molar-refractivity contribution is 4.72. The van der Waals surface area contributed by atoms with Crippen molar-refractivity contribution in [3.05, 3.63) is 0 Å². The Balaban J connectivity index is 2.13. The van der Waals surface area contributed by atoms with Crippen molar-refractivity contribution < 1.29 is 4.74 Å². The van der Waals surface area contributed by atoms with E-state index in [1.54, 1.807) is 0 Å².